The summed E-state index contributed by atoms with van der Waals surface area (Å²) in [6, 6.07) is 27.7. The summed E-state index contributed by atoms with van der Waals surface area (Å²) >= 11 is 3.41. The molecule has 0 aliphatic carbocycles. The molecule has 3 aromatic rings. The maximum atomic E-state index is 12.4. The van der Waals surface area contributed by atoms with Gasteiger partial charge in [-0.1, -0.05) is 88.7 Å². The number of hydrogen-bond donors (Lipinski definition) is 1. The van der Waals surface area contributed by atoms with Crippen molar-refractivity contribution in [2.45, 2.75) is 31.3 Å². The quantitative estimate of drug-likeness (QED) is 0.340. The van der Waals surface area contributed by atoms with E-state index in [1.165, 1.54) is 0 Å². The number of ketones is 1. The molecule has 1 aliphatic heterocycles. The molecule has 3 aromatic carbocycles. The number of carbonyl (C=O) groups excluding carboxylic acids is 1. The van der Waals surface area contributed by atoms with Gasteiger partial charge in [0.1, 0.15) is 5.60 Å². The number of halogens is 2. The lowest BCUT2D eigenvalue weighted by Gasteiger charge is -2.42. The maximum absolute atomic E-state index is 12.4. The first-order chi connectivity index (χ1) is 15.6. The van der Waals surface area contributed by atoms with Crippen LogP contribution in [0.25, 0.3) is 0 Å². The lowest BCUT2D eigenvalue weighted by Crippen LogP contribution is -2.44. The zero-order valence-corrected chi connectivity index (χ0v) is 21.1. The monoisotopic (exact) mass is 527 g/mol. The summed E-state index contributed by atoms with van der Waals surface area (Å²) in [4.78, 5) is 14.9. The standard InChI is InChI=1S/C28H30BrNO2.ClH/c29-26-15-13-22(14-16-26)27(31)12-7-19-30-20-17-25(18-21-30)28(32,23-8-3-1-4-9-23)24-10-5-2-6-11-24;/h1-6,8-11,13-16,25,32H,7,12,17-21H2;1H. The number of nitrogens with zero attached hydrogens (tertiary/aromatic N) is 1. The van der Waals surface area contributed by atoms with Crippen LogP contribution in [0.4, 0.5) is 0 Å². The molecule has 0 bridgehead atoms. The number of piperidine rings is 1. The molecule has 0 amide bonds. The highest BCUT2D eigenvalue weighted by atomic mass is 79.9. The average molecular weight is 529 g/mol. The van der Waals surface area contributed by atoms with Crippen molar-refractivity contribution < 1.29 is 9.90 Å². The number of carbonyl (C=O) groups is 1. The minimum Gasteiger partial charge on any atom is -0.380 e. The number of aliphatic hydroxyl groups is 1. The van der Waals surface area contributed by atoms with Gasteiger partial charge in [0.25, 0.3) is 0 Å². The lowest BCUT2D eigenvalue weighted by atomic mass is 9.72. The van der Waals surface area contributed by atoms with Crippen molar-refractivity contribution in [3.8, 4) is 0 Å². The van der Waals surface area contributed by atoms with Crippen molar-refractivity contribution in [2.24, 2.45) is 5.92 Å². The summed E-state index contributed by atoms with van der Waals surface area (Å²) in [6.45, 7) is 2.81. The highest BCUT2D eigenvalue weighted by molar-refractivity contribution is 9.10. The van der Waals surface area contributed by atoms with E-state index in [0.717, 1.165) is 60.1 Å². The van der Waals surface area contributed by atoms with Crippen LogP contribution in [0.3, 0.4) is 0 Å². The Hall–Kier alpha value is -1.98. The molecule has 174 valence electrons. The molecule has 0 aromatic heterocycles. The van der Waals surface area contributed by atoms with Crippen LogP contribution in [0, 0.1) is 5.92 Å². The number of rotatable bonds is 8. The van der Waals surface area contributed by atoms with Gasteiger partial charge >= 0.3 is 0 Å². The minimum absolute atomic E-state index is 0. The molecule has 0 unspecified atom stereocenters. The molecular formula is C28H31BrClNO2. The zero-order chi connectivity index (χ0) is 22.4. The van der Waals surface area contributed by atoms with Gasteiger partial charge in [0.15, 0.2) is 5.78 Å². The normalized spacial score (nSPS) is 15.1. The van der Waals surface area contributed by atoms with E-state index in [1.54, 1.807) is 0 Å². The molecule has 0 spiro atoms. The Labute approximate surface area is 211 Å². The molecule has 33 heavy (non-hydrogen) atoms. The topological polar surface area (TPSA) is 40.5 Å². The molecule has 1 aliphatic rings. The van der Waals surface area contributed by atoms with E-state index in [4.69, 9.17) is 0 Å². The molecule has 1 fully saturated rings. The van der Waals surface area contributed by atoms with Gasteiger partial charge in [0.2, 0.25) is 0 Å². The van der Waals surface area contributed by atoms with Gasteiger partial charge in [0, 0.05) is 16.5 Å². The molecule has 4 rings (SSSR count). The molecule has 1 heterocycles. The first-order valence-corrected chi connectivity index (χ1v) is 12.2. The van der Waals surface area contributed by atoms with Crippen molar-refractivity contribution in [1.82, 2.24) is 4.90 Å². The third-order valence-corrected chi connectivity index (χ3v) is 7.18. The van der Waals surface area contributed by atoms with Gasteiger partial charge in [-0.15, -0.1) is 12.4 Å². The molecule has 3 nitrogen and oxygen atoms in total. The Morgan fingerprint density at radius 2 is 1.39 bits per heavy atom. The van der Waals surface area contributed by atoms with Crippen molar-refractivity contribution in [2.75, 3.05) is 19.6 Å². The number of benzene rings is 3. The second-order valence-corrected chi connectivity index (χ2v) is 9.56. The molecule has 0 saturated carbocycles. The minimum atomic E-state index is -0.980. The van der Waals surface area contributed by atoms with Crippen molar-refractivity contribution in [3.63, 3.8) is 0 Å². The van der Waals surface area contributed by atoms with E-state index < -0.39 is 5.60 Å². The smallest absolute Gasteiger partial charge is 0.162 e. The van der Waals surface area contributed by atoms with Crippen LogP contribution in [0.5, 0.6) is 0 Å². The van der Waals surface area contributed by atoms with E-state index in [2.05, 4.69) is 20.8 Å². The van der Waals surface area contributed by atoms with E-state index >= 15 is 0 Å². The van der Waals surface area contributed by atoms with Crippen LogP contribution in [0.15, 0.2) is 89.4 Å². The zero-order valence-electron chi connectivity index (χ0n) is 18.7. The van der Waals surface area contributed by atoms with Gasteiger partial charge in [-0.05, 0) is 68.1 Å². The van der Waals surface area contributed by atoms with E-state index in [0.29, 0.717) is 6.42 Å². The molecule has 0 atom stereocenters. The Balaban J connectivity index is 0.00000306. The predicted molar refractivity (Wildman–Crippen MR) is 140 cm³/mol. The van der Waals surface area contributed by atoms with E-state index in [-0.39, 0.29) is 24.1 Å². The molecule has 1 saturated heterocycles. The Morgan fingerprint density at radius 3 is 1.91 bits per heavy atom. The Bertz CT molecular complexity index is 964. The van der Waals surface area contributed by atoms with Gasteiger partial charge in [-0.25, -0.2) is 0 Å². The summed E-state index contributed by atoms with van der Waals surface area (Å²) in [5, 5.41) is 12.0. The third-order valence-electron chi connectivity index (χ3n) is 6.65. The first-order valence-electron chi connectivity index (χ1n) is 11.4. The molecule has 5 heteroatoms. The number of hydrogen-bond acceptors (Lipinski definition) is 3. The second kappa shape index (κ2) is 11.9. The summed E-state index contributed by atoms with van der Waals surface area (Å²) in [5.41, 5.74) is 1.73. The Kier molecular flexibility index (Phi) is 9.27. The Morgan fingerprint density at radius 1 is 0.879 bits per heavy atom. The highest BCUT2D eigenvalue weighted by Gasteiger charge is 2.41. The van der Waals surface area contributed by atoms with E-state index in [1.807, 2.05) is 84.9 Å². The maximum Gasteiger partial charge on any atom is 0.162 e. The van der Waals surface area contributed by atoms with Crippen LogP contribution in [-0.2, 0) is 5.60 Å². The van der Waals surface area contributed by atoms with E-state index in [9.17, 15) is 9.90 Å². The second-order valence-electron chi connectivity index (χ2n) is 8.65. The van der Waals surface area contributed by atoms with Crippen molar-refractivity contribution in [1.29, 1.82) is 0 Å². The summed E-state index contributed by atoms with van der Waals surface area (Å²) < 4.78 is 0.989. The van der Waals surface area contributed by atoms with Gasteiger partial charge in [0.05, 0.1) is 0 Å². The molecular weight excluding hydrogens is 498 g/mol. The molecule has 1 N–H and O–H groups in total. The fourth-order valence-electron chi connectivity index (χ4n) is 4.84. The van der Waals surface area contributed by atoms with Crippen LogP contribution in [-0.4, -0.2) is 35.4 Å². The summed E-state index contributed by atoms with van der Waals surface area (Å²) in [6.07, 6.45) is 3.29. The highest BCUT2D eigenvalue weighted by Crippen LogP contribution is 2.41. The number of Topliss-reactive ketones (excluding diaryl/α,β-unsaturated/α-hetero) is 1. The van der Waals surface area contributed by atoms with Crippen molar-refractivity contribution >= 4 is 34.1 Å². The largest absolute Gasteiger partial charge is 0.380 e. The van der Waals surface area contributed by atoms with Crippen LogP contribution >= 0.6 is 28.3 Å². The van der Waals surface area contributed by atoms with Gasteiger partial charge in [-0.3, -0.25) is 4.79 Å². The fraction of sp³-hybridized carbons (Fsp3) is 0.321. The van der Waals surface area contributed by atoms with Gasteiger partial charge in [-0.2, -0.15) is 0 Å². The average Bonchev–Trinajstić information content (AvgIpc) is 2.85. The first kappa shape index (κ1) is 25.6. The summed E-state index contributed by atoms with van der Waals surface area (Å²) in [7, 11) is 0. The van der Waals surface area contributed by atoms with Crippen LogP contribution in [0.2, 0.25) is 0 Å². The summed E-state index contributed by atoms with van der Waals surface area (Å²) in [5.74, 6) is 0.364. The van der Waals surface area contributed by atoms with Crippen LogP contribution in [0.1, 0.15) is 47.2 Å². The number of likely N-dealkylation sites (tertiary alicyclic amines) is 1. The van der Waals surface area contributed by atoms with Gasteiger partial charge < -0.3 is 10.0 Å². The fourth-order valence-corrected chi connectivity index (χ4v) is 5.10. The molecule has 0 radical (unpaired) electrons. The third kappa shape index (κ3) is 6.13. The SMILES string of the molecule is Cl.O=C(CCCN1CCC(C(O)(c2ccccc2)c2ccccc2)CC1)c1ccc(Br)cc1. The lowest BCUT2D eigenvalue weighted by molar-refractivity contribution is -0.0142. The van der Waals surface area contributed by atoms with Crippen LogP contribution < -0.4 is 0 Å². The van der Waals surface area contributed by atoms with Crippen molar-refractivity contribution in [3.05, 3.63) is 106 Å². The predicted octanol–water partition coefficient (Wildman–Crippen LogP) is 6.48.